The molecule has 1 aliphatic heterocycles. The van der Waals surface area contributed by atoms with Crippen LogP contribution in [-0.2, 0) is 23.1 Å². The zero-order valence-electron chi connectivity index (χ0n) is 16.5. The summed E-state index contributed by atoms with van der Waals surface area (Å²) in [5.74, 6) is 0.235. The van der Waals surface area contributed by atoms with E-state index in [-0.39, 0.29) is 17.3 Å². The molecular weight excluding hydrogens is 452 g/mol. The highest BCUT2D eigenvalue weighted by Crippen LogP contribution is 2.40. The average Bonchev–Trinajstić information content (AvgIpc) is 3.18. The number of hydrogen-bond donors (Lipinski definition) is 1. The summed E-state index contributed by atoms with van der Waals surface area (Å²) in [4.78, 5) is 27.2. The van der Waals surface area contributed by atoms with Crippen molar-refractivity contribution in [3.8, 4) is 17.3 Å². The van der Waals surface area contributed by atoms with E-state index in [1.54, 1.807) is 42.7 Å². The van der Waals surface area contributed by atoms with Crippen molar-refractivity contribution < 1.29 is 22.5 Å². The van der Waals surface area contributed by atoms with Crippen molar-refractivity contribution in [2.24, 2.45) is 0 Å². The van der Waals surface area contributed by atoms with Gasteiger partial charge < -0.3 is 14.2 Å². The number of rotatable bonds is 4. The summed E-state index contributed by atoms with van der Waals surface area (Å²) in [6.07, 6.45) is 2.60. The predicted molar refractivity (Wildman–Crippen MR) is 117 cm³/mol. The van der Waals surface area contributed by atoms with Gasteiger partial charge in [-0.2, -0.15) is 13.4 Å². The number of aromatic nitrogens is 3. The van der Waals surface area contributed by atoms with Crippen LogP contribution in [0.25, 0.3) is 21.6 Å². The van der Waals surface area contributed by atoms with Crippen LogP contribution in [0.1, 0.15) is 10.4 Å². The minimum absolute atomic E-state index is 0.0124. The van der Waals surface area contributed by atoms with Crippen molar-refractivity contribution in [2.75, 3.05) is 6.54 Å². The van der Waals surface area contributed by atoms with Gasteiger partial charge in [-0.25, -0.2) is 9.78 Å². The first-order valence-corrected chi connectivity index (χ1v) is 11.8. The minimum atomic E-state index is -4.13. The fourth-order valence-corrected chi connectivity index (χ4v) is 5.70. The number of pyridine rings is 1. The molecule has 3 aromatic heterocycles. The second-order valence-electron chi connectivity index (χ2n) is 7.08. The summed E-state index contributed by atoms with van der Waals surface area (Å²) in [7, 11) is -4.13. The molecule has 1 N–H and O–H groups in total. The van der Waals surface area contributed by atoms with E-state index in [0.29, 0.717) is 34.6 Å². The third kappa shape index (κ3) is 3.65. The molecule has 0 bridgehead atoms. The molecule has 0 spiro atoms. The van der Waals surface area contributed by atoms with Gasteiger partial charge >= 0.3 is 16.2 Å². The summed E-state index contributed by atoms with van der Waals surface area (Å²) in [6.45, 7) is 0.506. The van der Waals surface area contributed by atoms with Crippen molar-refractivity contribution in [3.63, 3.8) is 0 Å². The Balaban J connectivity index is 1.68. The third-order valence-corrected chi connectivity index (χ3v) is 7.43. The highest BCUT2D eigenvalue weighted by Gasteiger charge is 2.29. The second kappa shape index (κ2) is 7.84. The fourth-order valence-electron chi connectivity index (χ4n) is 3.55. The molecule has 0 unspecified atom stereocenters. The van der Waals surface area contributed by atoms with Crippen LogP contribution in [0, 0.1) is 0 Å². The number of carboxylic acid groups (broad SMARTS) is 1. The lowest BCUT2D eigenvalue weighted by molar-refractivity contribution is 0.140. The van der Waals surface area contributed by atoms with E-state index in [1.807, 2.05) is 0 Å². The molecule has 0 aliphatic carbocycles. The normalized spacial score (nSPS) is 13.7. The first-order valence-electron chi connectivity index (χ1n) is 9.62. The van der Waals surface area contributed by atoms with Crippen molar-refractivity contribution in [2.45, 2.75) is 17.9 Å². The zero-order valence-corrected chi connectivity index (χ0v) is 18.1. The van der Waals surface area contributed by atoms with E-state index in [2.05, 4.69) is 15.0 Å². The molecule has 1 amide bonds. The molecule has 0 saturated carbocycles. The molecule has 32 heavy (non-hydrogen) atoms. The maximum Gasteiger partial charge on any atom is 0.407 e. The van der Waals surface area contributed by atoms with Crippen molar-refractivity contribution in [1.29, 1.82) is 0 Å². The standard InChI is InChI=1S/C21H16N4O5S2/c26-21(27)25-11-8-15-16(12-25)31-20-17(15)19(23-18(24-20)13-6-9-22-10-7-13)30-32(28,29)14-4-2-1-3-5-14/h1-7,9-10H,8,11-12H2,(H,26,27). The Morgan fingerprint density at radius 2 is 1.84 bits per heavy atom. The molecule has 1 aliphatic rings. The molecule has 9 nitrogen and oxygen atoms in total. The number of amides is 1. The van der Waals surface area contributed by atoms with Gasteiger partial charge in [-0.15, -0.1) is 11.3 Å². The predicted octanol–water partition coefficient (Wildman–Crippen LogP) is 3.56. The highest BCUT2D eigenvalue weighted by atomic mass is 32.2. The monoisotopic (exact) mass is 468 g/mol. The van der Waals surface area contributed by atoms with Gasteiger partial charge in [0, 0.05) is 29.4 Å². The van der Waals surface area contributed by atoms with Crippen molar-refractivity contribution >= 4 is 37.8 Å². The Bertz CT molecular complexity index is 1420. The third-order valence-electron chi connectivity index (χ3n) is 5.10. The first-order chi connectivity index (χ1) is 15.4. The highest BCUT2D eigenvalue weighted by molar-refractivity contribution is 7.87. The summed E-state index contributed by atoms with van der Waals surface area (Å²) in [6, 6.07) is 11.3. The largest absolute Gasteiger partial charge is 0.465 e. The molecule has 1 aromatic carbocycles. The van der Waals surface area contributed by atoms with Gasteiger partial charge in [0.05, 0.1) is 11.9 Å². The Morgan fingerprint density at radius 3 is 2.56 bits per heavy atom. The molecule has 0 atom stereocenters. The number of thiophene rings is 1. The second-order valence-corrected chi connectivity index (χ2v) is 9.71. The summed E-state index contributed by atoms with van der Waals surface area (Å²) in [5.41, 5.74) is 1.48. The average molecular weight is 469 g/mol. The van der Waals surface area contributed by atoms with Crippen LogP contribution >= 0.6 is 11.3 Å². The maximum atomic E-state index is 12.9. The van der Waals surface area contributed by atoms with Crippen LogP contribution in [0.3, 0.4) is 0 Å². The minimum Gasteiger partial charge on any atom is -0.465 e. The smallest absolute Gasteiger partial charge is 0.407 e. The summed E-state index contributed by atoms with van der Waals surface area (Å²) in [5, 5.41) is 9.86. The van der Waals surface area contributed by atoms with E-state index >= 15 is 0 Å². The Hall–Kier alpha value is -3.57. The molecule has 4 heterocycles. The van der Waals surface area contributed by atoms with E-state index in [9.17, 15) is 18.3 Å². The lowest BCUT2D eigenvalue weighted by Gasteiger charge is -2.24. The van der Waals surface area contributed by atoms with E-state index in [4.69, 9.17) is 4.18 Å². The van der Waals surface area contributed by atoms with Gasteiger partial charge in [-0.1, -0.05) is 18.2 Å². The van der Waals surface area contributed by atoms with E-state index in [0.717, 1.165) is 10.4 Å². The van der Waals surface area contributed by atoms with Crippen LogP contribution < -0.4 is 4.18 Å². The number of nitrogens with zero attached hydrogens (tertiary/aromatic N) is 4. The number of hydrogen-bond acceptors (Lipinski definition) is 8. The molecule has 11 heteroatoms. The van der Waals surface area contributed by atoms with Gasteiger partial charge in [0.1, 0.15) is 9.73 Å². The molecule has 162 valence electrons. The van der Waals surface area contributed by atoms with E-state index < -0.39 is 16.2 Å². The SMILES string of the molecule is O=C(O)N1CCc2c(sc3nc(-c4ccncc4)nc(OS(=O)(=O)c4ccccc4)c23)C1. The molecular formula is C21H16N4O5S2. The van der Waals surface area contributed by atoms with Gasteiger partial charge in [0.25, 0.3) is 0 Å². The Labute approximate surface area is 187 Å². The Morgan fingerprint density at radius 1 is 1.09 bits per heavy atom. The van der Waals surface area contributed by atoms with Crippen molar-refractivity contribution in [3.05, 3.63) is 65.3 Å². The molecule has 0 fully saturated rings. The van der Waals surface area contributed by atoms with Crippen LogP contribution in [-0.4, -0.2) is 46.0 Å². The summed E-state index contributed by atoms with van der Waals surface area (Å²) < 4.78 is 31.4. The first kappa shape index (κ1) is 20.3. The number of carbonyl (C=O) groups is 1. The summed E-state index contributed by atoms with van der Waals surface area (Å²) >= 11 is 1.32. The van der Waals surface area contributed by atoms with Crippen molar-refractivity contribution in [1.82, 2.24) is 19.9 Å². The van der Waals surface area contributed by atoms with Crippen LogP contribution in [0.5, 0.6) is 5.88 Å². The van der Waals surface area contributed by atoms with E-state index in [1.165, 1.54) is 28.4 Å². The lowest BCUT2D eigenvalue weighted by Crippen LogP contribution is -2.34. The molecule has 0 saturated heterocycles. The quantitative estimate of drug-likeness (QED) is 0.451. The zero-order chi connectivity index (χ0) is 22.3. The fraction of sp³-hybridized carbons (Fsp3) is 0.143. The number of benzene rings is 1. The Kier molecular flexibility index (Phi) is 4.98. The van der Waals surface area contributed by atoms with Gasteiger partial charge in [-0.05, 0) is 36.2 Å². The van der Waals surface area contributed by atoms with Gasteiger partial charge in [-0.3, -0.25) is 4.98 Å². The van der Waals surface area contributed by atoms with Crippen LogP contribution in [0.2, 0.25) is 0 Å². The number of fused-ring (bicyclic) bond motifs is 3. The van der Waals surface area contributed by atoms with Gasteiger partial charge in [0.2, 0.25) is 5.88 Å². The maximum absolute atomic E-state index is 12.9. The van der Waals surface area contributed by atoms with Crippen LogP contribution in [0.4, 0.5) is 4.79 Å². The molecule has 4 aromatic rings. The lowest BCUT2D eigenvalue weighted by atomic mass is 10.1. The van der Waals surface area contributed by atoms with Crippen LogP contribution in [0.15, 0.2) is 59.8 Å². The molecule has 0 radical (unpaired) electrons. The van der Waals surface area contributed by atoms with Gasteiger partial charge in [0.15, 0.2) is 5.82 Å². The molecule has 5 rings (SSSR count). The topological polar surface area (TPSA) is 123 Å².